The molecule has 7 heteroatoms. The predicted octanol–water partition coefficient (Wildman–Crippen LogP) is 3.09. The summed E-state index contributed by atoms with van der Waals surface area (Å²) < 4.78 is 5.90. The van der Waals surface area contributed by atoms with E-state index in [4.69, 9.17) is 4.74 Å². The van der Waals surface area contributed by atoms with Crippen LogP contribution in [0.3, 0.4) is 0 Å². The number of hydrogen-bond donors (Lipinski definition) is 2. The normalized spacial score (nSPS) is 23.5. The number of ether oxygens (including phenoxy) is 1. The van der Waals surface area contributed by atoms with Gasteiger partial charge in [-0.15, -0.1) is 0 Å². The van der Waals surface area contributed by atoms with Gasteiger partial charge in [0, 0.05) is 42.1 Å². The lowest BCUT2D eigenvalue weighted by molar-refractivity contribution is 0.111. The molecule has 2 atom stereocenters. The molecule has 2 aliphatic rings. The zero-order chi connectivity index (χ0) is 18.5. The number of methoxy groups -OCH3 is 1. The van der Waals surface area contributed by atoms with E-state index in [9.17, 15) is 4.79 Å². The Kier molecular flexibility index (Phi) is 6.40. The Morgan fingerprint density at radius 2 is 1.96 bits per heavy atom. The Balaban J connectivity index is 1.49. The first-order valence-corrected chi connectivity index (χ1v) is 10.1. The number of amides is 1. The largest absolute Gasteiger partial charge is 0.453 e. The summed E-state index contributed by atoms with van der Waals surface area (Å²) in [6, 6.07) is 9.33. The van der Waals surface area contributed by atoms with Gasteiger partial charge in [0.15, 0.2) is 5.96 Å². The second-order valence-electron chi connectivity index (χ2n) is 6.84. The van der Waals surface area contributed by atoms with Crippen molar-refractivity contribution in [3.05, 3.63) is 34.3 Å². The van der Waals surface area contributed by atoms with Crippen LogP contribution < -0.4 is 10.6 Å². The molecule has 26 heavy (non-hydrogen) atoms. The molecule has 0 bridgehead atoms. The summed E-state index contributed by atoms with van der Waals surface area (Å²) in [5.74, 6) is 1.43. The monoisotopic (exact) mass is 422 g/mol. The van der Waals surface area contributed by atoms with Gasteiger partial charge in [-0.3, -0.25) is 4.99 Å². The molecule has 2 fully saturated rings. The van der Waals surface area contributed by atoms with E-state index in [-0.39, 0.29) is 6.09 Å². The number of benzene rings is 1. The summed E-state index contributed by atoms with van der Waals surface area (Å²) in [5, 5.41) is 7.11. The Bertz CT molecular complexity index is 641. The number of piperidine rings is 1. The number of likely N-dealkylation sites (tertiary alicyclic amines) is 1. The molecule has 0 radical (unpaired) electrons. The van der Waals surface area contributed by atoms with Crippen molar-refractivity contribution in [2.45, 2.75) is 44.2 Å². The van der Waals surface area contributed by atoms with E-state index in [1.165, 1.54) is 12.7 Å². The second kappa shape index (κ2) is 8.75. The highest BCUT2D eigenvalue weighted by Crippen LogP contribution is 2.41. The Morgan fingerprint density at radius 1 is 1.27 bits per heavy atom. The summed E-state index contributed by atoms with van der Waals surface area (Å²) >= 11 is 3.49. The van der Waals surface area contributed by atoms with Crippen molar-refractivity contribution < 1.29 is 9.53 Å². The number of hydrogen-bond acceptors (Lipinski definition) is 3. The average Bonchev–Trinajstić information content (AvgIpc) is 3.41. The number of guanidine groups is 1. The van der Waals surface area contributed by atoms with Gasteiger partial charge in [-0.25, -0.2) is 4.79 Å². The van der Waals surface area contributed by atoms with Crippen LogP contribution in [0.15, 0.2) is 33.7 Å². The molecule has 0 aromatic heterocycles. The molecular formula is C19H27BrN4O2. The number of carbonyl (C=O) groups is 1. The van der Waals surface area contributed by atoms with Gasteiger partial charge in [-0.05, 0) is 43.9 Å². The smallest absolute Gasteiger partial charge is 0.409 e. The van der Waals surface area contributed by atoms with Crippen LogP contribution in [0.1, 0.15) is 37.7 Å². The zero-order valence-electron chi connectivity index (χ0n) is 15.4. The molecule has 2 N–H and O–H groups in total. The van der Waals surface area contributed by atoms with Gasteiger partial charge in [0.1, 0.15) is 0 Å². The van der Waals surface area contributed by atoms with E-state index in [0.717, 1.165) is 36.2 Å². The molecule has 0 spiro atoms. The lowest BCUT2D eigenvalue weighted by atomic mass is 10.1. The SMILES string of the molecule is CCN=C(NC1CCN(C(=O)OC)CC1)NC1CC1c1ccc(Br)cc1. The predicted molar refractivity (Wildman–Crippen MR) is 107 cm³/mol. The molecule has 1 amide bonds. The van der Waals surface area contributed by atoms with E-state index in [2.05, 4.69) is 55.8 Å². The third-order valence-corrected chi connectivity index (χ3v) is 5.52. The maximum Gasteiger partial charge on any atom is 0.409 e. The van der Waals surface area contributed by atoms with E-state index in [0.29, 0.717) is 31.1 Å². The molecule has 6 nitrogen and oxygen atoms in total. The van der Waals surface area contributed by atoms with Crippen LogP contribution in [-0.2, 0) is 4.74 Å². The first-order valence-electron chi connectivity index (χ1n) is 9.26. The molecule has 3 rings (SSSR count). The van der Waals surface area contributed by atoms with Crippen LogP contribution in [-0.4, -0.2) is 55.8 Å². The standard InChI is InChI=1S/C19H27BrN4O2/c1-3-21-18(22-15-8-10-24(11-9-15)19(25)26-2)23-17-12-16(17)13-4-6-14(20)7-5-13/h4-7,15-17H,3,8-12H2,1-2H3,(H2,21,22,23). The van der Waals surface area contributed by atoms with Crippen LogP contribution in [0, 0.1) is 0 Å². The van der Waals surface area contributed by atoms with Gasteiger partial charge in [-0.2, -0.15) is 0 Å². The summed E-state index contributed by atoms with van der Waals surface area (Å²) in [6.45, 7) is 4.22. The Labute approximate surface area is 163 Å². The lowest BCUT2D eigenvalue weighted by Crippen LogP contribution is -2.50. The molecule has 1 aliphatic carbocycles. The summed E-state index contributed by atoms with van der Waals surface area (Å²) in [4.78, 5) is 17.9. The first kappa shape index (κ1) is 19.0. The second-order valence-corrected chi connectivity index (χ2v) is 7.76. The van der Waals surface area contributed by atoms with Crippen LogP contribution >= 0.6 is 15.9 Å². The quantitative estimate of drug-likeness (QED) is 0.577. The summed E-state index contributed by atoms with van der Waals surface area (Å²) in [5.41, 5.74) is 1.37. The van der Waals surface area contributed by atoms with Gasteiger partial charge < -0.3 is 20.3 Å². The van der Waals surface area contributed by atoms with E-state index < -0.39 is 0 Å². The van der Waals surface area contributed by atoms with E-state index in [1.807, 2.05) is 6.92 Å². The van der Waals surface area contributed by atoms with Crippen LogP contribution in [0.2, 0.25) is 0 Å². The van der Waals surface area contributed by atoms with Gasteiger partial charge >= 0.3 is 6.09 Å². The minimum atomic E-state index is -0.237. The molecule has 1 saturated heterocycles. The summed E-state index contributed by atoms with van der Waals surface area (Å²) in [7, 11) is 1.43. The summed E-state index contributed by atoms with van der Waals surface area (Å²) in [6.07, 6.45) is 2.70. The fraction of sp³-hybridized carbons (Fsp3) is 0.579. The van der Waals surface area contributed by atoms with E-state index in [1.54, 1.807) is 4.90 Å². The third kappa shape index (κ3) is 4.90. The number of nitrogens with one attached hydrogen (secondary N) is 2. The lowest BCUT2D eigenvalue weighted by Gasteiger charge is -2.32. The molecule has 2 unspecified atom stereocenters. The highest BCUT2D eigenvalue weighted by molar-refractivity contribution is 9.10. The van der Waals surface area contributed by atoms with E-state index >= 15 is 0 Å². The highest BCUT2D eigenvalue weighted by atomic mass is 79.9. The number of nitrogens with zero attached hydrogens (tertiary/aromatic N) is 2. The Morgan fingerprint density at radius 3 is 2.58 bits per heavy atom. The number of aliphatic imine (C=N–C) groups is 1. The fourth-order valence-electron chi connectivity index (χ4n) is 3.43. The third-order valence-electron chi connectivity index (χ3n) is 5.00. The number of halogens is 1. The van der Waals surface area contributed by atoms with Crippen molar-refractivity contribution in [3.8, 4) is 0 Å². The van der Waals surface area contributed by atoms with Gasteiger partial charge in [-0.1, -0.05) is 28.1 Å². The maximum atomic E-state index is 11.6. The van der Waals surface area contributed by atoms with Crippen molar-refractivity contribution in [1.29, 1.82) is 0 Å². The molecular weight excluding hydrogens is 396 g/mol. The molecule has 1 aromatic carbocycles. The fourth-order valence-corrected chi connectivity index (χ4v) is 3.69. The highest BCUT2D eigenvalue weighted by Gasteiger charge is 2.39. The molecule has 1 aliphatic heterocycles. The maximum absolute atomic E-state index is 11.6. The Hall–Kier alpha value is -1.76. The first-order chi connectivity index (χ1) is 12.6. The van der Waals surface area contributed by atoms with Crippen molar-refractivity contribution in [3.63, 3.8) is 0 Å². The van der Waals surface area contributed by atoms with Crippen LogP contribution in [0.25, 0.3) is 0 Å². The number of carbonyl (C=O) groups excluding carboxylic acids is 1. The van der Waals surface area contributed by atoms with Crippen molar-refractivity contribution in [1.82, 2.24) is 15.5 Å². The van der Waals surface area contributed by atoms with Crippen molar-refractivity contribution in [2.24, 2.45) is 4.99 Å². The molecule has 1 saturated carbocycles. The number of rotatable bonds is 4. The minimum absolute atomic E-state index is 0.237. The molecule has 1 heterocycles. The topological polar surface area (TPSA) is 66.0 Å². The van der Waals surface area contributed by atoms with Crippen molar-refractivity contribution >= 4 is 28.0 Å². The van der Waals surface area contributed by atoms with Crippen LogP contribution in [0.4, 0.5) is 4.79 Å². The van der Waals surface area contributed by atoms with Gasteiger partial charge in [0.2, 0.25) is 0 Å². The zero-order valence-corrected chi connectivity index (χ0v) is 17.0. The molecule has 142 valence electrons. The van der Waals surface area contributed by atoms with Crippen molar-refractivity contribution in [2.75, 3.05) is 26.7 Å². The minimum Gasteiger partial charge on any atom is -0.453 e. The molecule has 1 aromatic rings. The van der Waals surface area contributed by atoms with Crippen LogP contribution in [0.5, 0.6) is 0 Å². The van der Waals surface area contributed by atoms with Gasteiger partial charge in [0.25, 0.3) is 0 Å². The average molecular weight is 423 g/mol. The van der Waals surface area contributed by atoms with Gasteiger partial charge in [0.05, 0.1) is 7.11 Å².